The van der Waals surface area contributed by atoms with Gasteiger partial charge in [-0.25, -0.2) is 0 Å². The number of hydrogen-bond donors (Lipinski definition) is 1. The van der Waals surface area contributed by atoms with Crippen LogP contribution in [0.4, 0.5) is 0 Å². The van der Waals surface area contributed by atoms with E-state index in [0.717, 1.165) is 32.7 Å². The highest BCUT2D eigenvalue weighted by atomic mass is 32.1. The predicted octanol–water partition coefficient (Wildman–Crippen LogP) is 0.734. The van der Waals surface area contributed by atoms with Gasteiger partial charge in [-0.05, 0) is 12.1 Å². The summed E-state index contributed by atoms with van der Waals surface area (Å²) in [5.41, 5.74) is 0. The SMILES string of the molecule is c1cc(-n2cnnc2)sc1CN1CCNCC1. The molecule has 2 aromatic heterocycles. The van der Waals surface area contributed by atoms with E-state index in [2.05, 4.69) is 32.5 Å². The van der Waals surface area contributed by atoms with Gasteiger partial charge in [0.05, 0.1) is 0 Å². The number of rotatable bonds is 3. The van der Waals surface area contributed by atoms with Crippen molar-refractivity contribution in [2.24, 2.45) is 0 Å². The van der Waals surface area contributed by atoms with Crippen molar-refractivity contribution < 1.29 is 0 Å². The molecule has 0 aliphatic carbocycles. The average Bonchev–Trinajstić information content (AvgIpc) is 3.00. The van der Waals surface area contributed by atoms with E-state index in [4.69, 9.17) is 0 Å². The second kappa shape index (κ2) is 4.95. The third kappa shape index (κ3) is 2.54. The van der Waals surface area contributed by atoms with E-state index in [1.165, 1.54) is 9.88 Å². The van der Waals surface area contributed by atoms with Crippen LogP contribution in [0.15, 0.2) is 24.8 Å². The summed E-state index contributed by atoms with van der Waals surface area (Å²) in [6.45, 7) is 5.53. The maximum atomic E-state index is 3.82. The van der Waals surface area contributed by atoms with Crippen LogP contribution in [0.2, 0.25) is 0 Å². The molecule has 0 atom stereocenters. The van der Waals surface area contributed by atoms with Crippen molar-refractivity contribution in [3.8, 4) is 5.00 Å². The zero-order chi connectivity index (χ0) is 11.5. The van der Waals surface area contributed by atoms with Gasteiger partial charge in [-0.3, -0.25) is 9.47 Å². The third-order valence-electron chi connectivity index (χ3n) is 2.91. The van der Waals surface area contributed by atoms with Gasteiger partial charge in [0.2, 0.25) is 0 Å². The molecular formula is C11H15N5S. The van der Waals surface area contributed by atoms with Crippen LogP contribution in [0.3, 0.4) is 0 Å². The number of thiophene rings is 1. The molecule has 0 bridgehead atoms. The molecule has 1 fully saturated rings. The molecule has 6 heteroatoms. The summed E-state index contributed by atoms with van der Waals surface area (Å²) in [7, 11) is 0. The first-order valence-corrected chi connectivity index (χ1v) is 6.60. The molecule has 3 rings (SSSR count). The first kappa shape index (κ1) is 10.9. The Balaban J connectivity index is 1.68. The highest BCUT2D eigenvalue weighted by Crippen LogP contribution is 2.21. The summed E-state index contributed by atoms with van der Waals surface area (Å²) in [4.78, 5) is 3.88. The van der Waals surface area contributed by atoms with Gasteiger partial charge in [0, 0.05) is 37.6 Å². The van der Waals surface area contributed by atoms with Crippen molar-refractivity contribution in [3.63, 3.8) is 0 Å². The van der Waals surface area contributed by atoms with Gasteiger partial charge >= 0.3 is 0 Å². The van der Waals surface area contributed by atoms with Crippen LogP contribution in [0.1, 0.15) is 4.88 Å². The van der Waals surface area contributed by atoms with Gasteiger partial charge in [0.15, 0.2) is 0 Å². The van der Waals surface area contributed by atoms with E-state index in [-0.39, 0.29) is 0 Å². The van der Waals surface area contributed by atoms with Crippen LogP contribution >= 0.6 is 11.3 Å². The van der Waals surface area contributed by atoms with Gasteiger partial charge in [-0.15, -0.1) is 21.5 Å². The van der Waals surface area contributed by atoms with E-state index in [1.54, 1.807) is 24.0 Å². The van der Waals surface area contributed by atoms with Gasteiger partial charge in [0.25, 0.3) is 0 Å². The van der Waals surface area contributed by atoms with Crippen LogP contribution in [-0.4, -0.2) is 45.8 Å². The first-order chi connectivity index (χ1) is 8.42. The maximum absolute atomic E-state index is 3.82. The lowest BCUT2D eigenvalue weighted by Crippen LogP contribution is -2.42. The van der Waals surface area contributed by atoms with E-state index < -0.39 is 0 Å². The molecule has 1 aliphatic rings. The van der Waals surface area contributed by atoms with E-state index >= 15 is 0 Å². The Morgan fingerprint density at radius 3 is 2.71 bits per heavy atom. The number of nitrogens with one attached hydrogen (secondary N) is 1. The molecule has 90 valence electrons. The number of piperazine rings is 1. The van der Waals surface area contributed by atoms with Crippen LogP contribution in [0.5, 0.6) is 0 Å². The predicted molar refractivity (Wildman–Crippen MR) is 67.4 cm³/mol. The van der Waals surface area contributed by atoms with Crippen LogP contribution < -0.4 is 5.32 Å². The van der Waals surface area contributed by atoms with Crippen LogP contribution in [0.25, 0.3) is 5.00 Å². The Bertz CT molecular complexity index is 458. The van der Waals surface area contributed by atoms with Crippen molar-refractivity contribution in [2.75, 3.05) is 26.2 Å². The normalized spacial score (nSPS) is 17.4. The van der Waals surface area contributed by atoms with Gasteiger partial charge in [-0.1, -0.05) is 0 Å². The topological polar surface area (TPSA) is 46.0 Å². The standard InChI is InChI=1S/C11H15N5S/c1-2-11(16-8-13-14-9-16)17-10(1)7-15-5-3-12-4-6-15/h1-2,8-9,12H,3-7H2. The fraction of sp³-hybridized carbons (Fsp3) is 0.455. The van der Waals surface area contributed by atoms with Crippen molar-refractivity contribution >= 4 is 11.3 Å². The lowest BCUT2D eigenvalue weighted by atomic mass is 10.3. The van der Waals surface area contributed by atoms with Crippen LogP contribution in [-0.2, 0) is 6.54 Å². The molecule has 1 N–H and O–H groups in total. The molecule has 17 heavy (non-hydrogen) atoms. The number of nitrogens with zero attached hydrogens (tertiary/aromatic N) is 4. The Morgan fingerprint density at radius 2 is 1.94 bits per heavy atom. The lowest BCUT2D eigenvalue weighted by molar-refractivity contribution is 0.235. The maximum Gasteiger partial charge on any atom is 0.124 e. The molecule has 0 unspecified atom stereocenters. The summed E-state index contributed by atoms with van der Waals surface area (Å²) < 4.78 is 1.95. The molecule has 1 saturated heterocycles. The molecule has 2 aromatic rings. The molecule has 1 aliphatic heterocycles. The fourth-order valence-corrected chi connectivity index (χ4v) is 2.98. The van der Waals surface area contributed by atoms with E-state index in [0.29, 0.717) is 0 Å². The minimum absolute atomic E-state index is 1.05. The largest absolute Gasteiger partial charge is 0.314 e. The molecule has 0 saturated carbocycles. The van der Waals surface area contributed by atoms with E-state index in [9.17, 15) is 0 Å². The second-order valence-corrected chi connectivity index (χ2v) is 5.28. The van der Waals surface area contributed by atoms with Crippen molar-refractivity contribution in [2.45, 2.75) is 6.54 Å². The number of hydrogen-bond acceptors (Lipinski definition) is 5. The van der Waals surface area contributed by atoms with E-state index in [1.807, 2.05) is 4.57 Å². The van der Waals surface area contributed by atoms with Crippen molar-refractivity contribution in [3.05, 3.63) is 29.7 Å². The quantitative estimate of drug-likeness (QED) is 0.871. The summed E-state index contributed by atoms with van der Waals surface area (Å²) in [6, 6.07) is 4.33. The molecule has 0 aromatic carbocycles. The first-order valence-electron chi connectivity index (χ1n) is 5.78. The Hall–Kier alpha value is -1.24. The van der Waals surface area contributed by atoms with Crippen molar-refractivity contribution in [1.82, 2.24) is 25.0 Å². The molecule has 0 radical (unpaired) electrons. The highest BCUT2D eigenvalue weighted by molar-refractivity contribution is 7.14. The monoisotopic (exact) mass is 249 g/mol. The van der Waals surface area contributed by atoms with Gasteiger partial charge in [-0.2, -0.15) is 0 Å². The third-order valence-corrected chi connectivity index (χ3v) is 3.99. The number of aromatic nitrogens is 3. The zero-order valence-electron chi connectivity index (χ0n) is 9.54. The zero-order valence-corrected chi connectivity index (χ0v) is 10.4. The average molecular weight is 249 g/mol. The molecule has 0 amide bonds. The van der Waals surface area contributed by atoms with Crippen LogP contribution in [0, 0.1) is 0 Å². The Kier molecular flexibility index (Phi) is 3.17. The molecule has 5 nitrogen and oxygen atoms in total. The highest BCUT2D eigenvalue weighted by Gasteiger charge is 2.11. The lowest BCUT2D eigenvalue weighted by Gasteiger charge is -2.26. The Labute approximate surface area is 104 Å². The molecule has 0 spiro atoms. The summed E-state index contributed by atoms with van der Waals surface area (Å²) in [6.07, 6.45) is 3.47. The molecular weight excluding hydrogens is 234 g/mol. The fourth-order valence-electron chi connectivity index (χ4n) is 1.99. The summed E-state index contributed by atoms with van der Waals surface area (Å²) in [5.74, 6) is 0. The van der Waals surface area contributed by atoms with Gasteiger partial charge < -0.3 is 5.32 Å². The van der Waals surface area contributed by atoms with Crippen molar-refractivity contribution in [1.29, 1.82) is 0 Å². The van der Waals surface area contributed by atoms with Gasteiger partial charge in [0.1, 0.15) is 17.7 Å². The molecule has 3 heterocycles. The smallest absolute Gasteiger partial charge is 0.124 e. The second-order valence-electron chi connectivity index (χ2n) is 4.14. The minimum Gasteiger partial charge on any atom is -0.314 e. The summed E-state index contributed by atoms with van der Waals surface area (Å²) in [5, 5.41) is 12.2. The minimum atomic E-state index is 1.05. The summed E-state index contributed by atoms with van der Waals surface area (Å²) >= 11 is 1.81. The Morgan fingerprint density at radius 1 is 1.18 bits per heavy atom.